The third kappa shape index (κ3) is 4.27. The number of carboxylic acids is 1. The summed E-state index contributed by atoms with van der Waals surface area (Å²) in [5.41, 5.74) is 0.632. The van der Waals surface area contributed by atoms with Crippen LogP contribution in [0.25, 0.3) is 0 Å². The zero-order valence-electron chi connectivity index (χ0n) is 9.71. The molecule has 0 spiro atoms. The number of carbonyl (C=O) groups excluding carboxylic acids is 1. The number of anilines is 1. The third-order valence-electron chi connectivity index (χ3n) is 2.10. The lowest BCUT2D eigenvalue weighted by atomic mass is 10.3. The molecule has 0 bridgehead atoms. The summed E-state index contributed by atoms with van der Waals surface area (Å²) >= 11 is 1.48. The molecule has 0 saturated carbocycles. The Labute approximate surface area is 108 Å². The molecular weight excluding hydrogens is 256 g/mol. The number of aliphatic hydroxyl groups is 1. The summed E-state index contributed by atoms with van der Waals surface area (Å²) in [5, 5.41) is 22.3. The number of urea groups is 1. The van der Waals surface area contributed by atoms with Crippen LogP contribution in [0.3, 0.4) is 0 Å². The standard InChI is InChI=1S/C11H14N2O4S/c1-18-9-5-3-2-4-7(9)13-11(17)12-6-8(14)10(15)16/h2-5,8,14H,6H2,1H3,(H,15,16)(H2,12,13,17). The highest BCUT2D eigenvalue weighted by atomic mass is 32.2. The van der Waals surface area contributed by atoms with Crippen LogP contribution in [0.15, 0.2) is 29.2 Å². The molecule has 7 heteroatoms. The molecular formula is C11H14N2O4S. The van der Waals surface area contributed by atoms with Crippen molar-refractivity contribution in [2.24, 2.45) is 0 Å². The quantitative estimate of drug-likeness (QED) is 0.598. The van der Waals surface area contributed by atoms with Crippen LogP contribution < -0.4 is 10.6 Å². The van der Waals surface area contributed by atoms with Crippen LogP contribution in [0.5, 0.6) is 0 Å². The zero-order chi connectivity index (χ0) is 13.5. The Kier molecular flexibility index (Phi) is 5.47. The third-order valence-corrected chi connectivity index (χ3v) is 2.89. The molecule has 98 valence electrons. The SMILES string of the molecule is CSc1ccccc1NC(=O)NCC(O)C(=O)O. The van der Waals surface area contributed by atoms with Gasteiger partial charge in [0.1, 0.15) is 0 Å². The van der Waals surface area contributed by atoms with E-state index in [4.69, 9.17) is 10.2 Å². The fourth-order valence-electron chi connectivity index (χ4n) is 1.19. The van der Waals surface area contributed by atoms with Crippen molar-refractivity contribution in [1.82, 2.24) is 5.32 Å². The van der Waals surface area contributed by atoms with E-state index in [1.165, 1.54) is 11.8 Å². The van der Waals surface area contributed by atoms with Gasteiger partial charge in [-0.3, -0.25) is 0 Å². The maximum atomic E-state index is 11.5. The first kappa shape index (κ1) is 14.3. The summed E-state index contributed by atoms with van der Waals surface area (Å²) in [4.78, 5) is 22.7. The van der Waals surface area contributed by atoms with E-state index in [2.05, 4.69) is 10.6 Å². The van der Waals surface area contributed by atoms with Crippen LogP contribution in [0.4, 0.5) is 10.5 Å². The molecule has 0 heterocycles. The number of hydrogen-bond donors (Lipinski definition) is 4. The highest BCUT2D eigenvalue weighted by Crippen LogP contribution is 2.24. The minimum absolute atomic E-state index is 0.345. The summed E-state index contributed by atoms with van der Waals surface area (Å²) in [6, 6.07) is 6.66. The molecule has 0 saturated heterocycles. The van der Waals surface area contributed by atoms with Gasteiger partial charge < -0.3 is 20.8 Å². The number of para-hydroxylation sites is 1. The second-order valence-electron chi connectivity index (χ2n) is 3.39. The van der Waals surface area contributed by atoms with Gasteiger partial charge in [0.05, 0.1) is 12.2 Å². The number of amides is 2. The second kappa shape index (κ2) is 6.87. The van der Waals surface area contributed by atoms with E-state index in [0.29, 0.717) is 5.69 Å². The summed E-state index contributed by atoms with van der Waals surface area (Å²) in [6.45, 7) is -0.345. The Morgan fingerprint density at radius 2 is 2.06 bits per heavy atom. The highest BCUT2D eigenvalue weighted by molar-refractivity contribution is 7.98. The molecule has 4 N–H and O–H groups in total. The number of nitrogens with one attached hydrogen (secondary N) is 2. The van der Waals surface area contributed by atoms with Crippen molar-refractivity contribution in [2.45, 2.75) is 11.0 Å². The summed E-state index contributed by atoms with van der Waals surface area (Å²) < 4.78 is 0. The molecule has 0 fully saturated rings. The van der Waals surface area contributed by atoms with Gasteiger partial charge >= 0.3 is 12.0 Å². The molecule has 2 amide bonds. The Bertz CT molecular complexity index is 439. The van der Waals surface area contributed by atoms with Crippen LogP contribution in [0.2, 0.25) is 0 Å². The molecule has 6 nitrogen and oxygen atoms in total. The van der Waals surface area contributed by atoms with Gasteiger partial charge in [-0.1, -0.05) is 12.1 Å². The average molecular weight is 270 g/mol. The first-order valence-corrected chi connectivity index (χ1v) is 6.35. The topological polar surface area (TPSA) is 98.7 Å². The van der Waals surface area contributed by atoms with Gasteiger partial charge in [-0.15, -0.1) is 11.8 Å². The van der Waals surface area contributed by atoms with Gasteiger partial charge in [0, 0.05) is 4.90 Å². The number of thioether (sulfide) groups is 1. The summed E-state index contributed by atoms with van der Waals surface area (Å²) in [7, 11) is 0. The average Bonchev–Trinajstić information content (AvgIpc) is 2.36. The smallest absolute Gasteiger partial charge is 0.334 e. The van der Waals surface area contributed by atoms with Gasteiger partial charge in [-0.05, 0) is 18.4 Å². The van der Waals surface area contributed by atoms with E-state index in [9.17, 15) is 9.59 Å². The van der Waals surface area contributed by atoms with Crippen molar-refractivity contribution in [3.63, 3.8) is 0 Å². The van der Waals surface area contributed by atoms with Crippen LogP contribution >= 0.6 is 11.8 Å². The number of aliphatic hydroxyl groups excluding tert-OH is 1. The lowest BCUT2D eigenvalue weighted by Crippen LogP contribution is -2.38. The number of rotatable bonds is 5. The fraction of sp³-hybridized carbons (Fsp3) is 0.273. The Morgan fingerprint density at radius 1 is 1.39 bits per heavy atom. The van der Waals surface area contributed by atoms with E-state index < -0.39 is 18.1 Å². The van der Waals surface area contributed by atoms with Crippen molar-refractivity contribution in [3.05, 3.63) is 24.3 Å². The van der Waals surface area contributed by atoms with Gasteiger partial charge in [-0.25, -0.2) is 9.59 Å². The minimum atomic E-state index is -1.61. The van der Waals surface area contributed by atoms with Crippen molar-refractivity contribution >= 4 is 29.4 Å². The van der Waals surface area contributed by atoms with Crippen LogP contribution in [-0.2, 0) is 4.79 Å². The van der Waals surface area contributed by atoms with Crippen molar-refractivity contribution in [3.8, 4) is 0 Å². The normalized spacial score (nSPS) is 11.7. The van der Waals surface area contributed by atoms with E-state index in [1.807, 2.05) is 18.4 Å². The second-order valence-corrected chi connectivity index (χ2v) is 4.24. The molecule has 1 rings (SSSR count). The lowest BCUT2D eigenvalue weighted by molar-refractivity contribution is -0.146. The zero-order valence-corrected chi connectivity index (χ0v) is 10.5. The molecule has 0 aliphatic carbocycles. The molecule has 18 heavy (non-hydrogen) atoms. The number of carboxylic acid groups (broad SMARTS) is 1. The van der Waals surface area contributed by atoms with E-state index >= 15 is 0 Å². The first-order valence-electron chi connectivity index (χ1n) is 5.13. The van der Waals surface area contributed by atoms with Crippen LogP contribution in [-0.4, -0.2) is 41.1 Å². The summed E-state index contributed by atoms with van der Waals surface area (Å²) in [5.74, 6) is -1.38. The molecule has 0 radical (unpaired) electrons. The predicted molar refractivity (Wildman–Crippen MR) is 68.9 cm³/mol. The number of hydrogen-bond acceptors (Lipinski definition) is 4. The molecule has 0 aliphatic heterocycles. The number of benzene rings is 1. The van der Waals surface area contributed by atoms with Crippen LogP contribution in [0.1, 0.15) is 0 Å². The molecule has 1 unspecified atom stereocenters. The van der Waals surface area contributed by atoms with Crippen molar-refractivity contribution in [2.75, 3.05) is 18.1 Å². The largest absolute Gasteiger partial charge is 0.479 e. The molecule has 1 atom stereocenters. The first-order chi connectivity index (χ1) is 8.54. The number of carbonyl (C=O) groups is 2. The molecule has 0 aliphatic rings. The maximum absolute atomic E-state index is 11.5. The Morgan fingerprint density at radius 3 is 2.67 bits per heavy atom. The minimum Gasteiger partial charge on any atom is -0.479 e. The van der Waals surface area contributed by atoms with Gasteiger partial charge in [0.15, 0.2) is 6.10 Å². The fourth-order valence-corrected chi connectivity index (χ4v) is 1.74. The summed E-state index contributed by atoms with van der Waals surface area (Å²) in [6.07, 6.45) is 0.276. The molecule has 1 aromatic carbocycles. The predicted octanol–water partition coefficient (Wildman–Crippen LogP) is 0.975. The van der Waals surface area contributed by atoms with Gasteiger partial charge in [-0.2, -0.15) is 0 Å². The monoisotopic (exact) mass is 270 g/mol. The van der Waals surface area contributed by atoms with E-state index in [1.54, 1.807) is 12.1 Å². The van der Waals surface area contributed by atoms with E-state index in [0.717, 1.165) is 4.90 Å². The van der Waals surface area contributed by atoms with Gasteiger partial charge in [0.25, 0.3) is 0 Å². The van der Waals surface area contributed by atoms with Gasteiger partial charge in [0.2, 0.25) is 0 Å². The van der Waals surface area contributed by atoms with Crippen molar-refractivity contribution in [1.29, 1.82) is 0 Å². The molecule has 0 aromatic heterocycles. The maximum Gasteiger partial charge on any atom is 0.334 e. The van der Waals surface area contributed by atoms with Crippen molar-refractivity contribution < 1.29 is 19.8 Å². The Hall–Kier alpha value is -1.73. The van der Waals surface area contributed by atoms with Crippen LogP contribution in [0, 0.1) is 0 Å². The number of aliphatic carboxylic acids is 1. The van der Waals surface area contributed by atoms with E-state index in [-0.39, 0.29) is 6.54 Å². The molecule has 1 aromatic rings. The Balaban J connectivity index is 2.52. The lowest BCUT2D eigenvalue weighted by Gasteiger charge is -2.11. The highest BCUT2D eigenvalue weighted by Gasteiger charge is 2.14.